The summed E-state index contributed by atoms with van der Waals surface area (Å²) in [6, 6.07) is -0.312. The number of imide groups is 1. The van der Waals surface area contributed by atoms with Gasteiger partial charge in [0.05, 0.1) is 19.1 Å². The molecule has 2 amide bonds. The molecule has 1 N–H and O–H groups in total. The highest BCUT2D eigenvalue weighted by atomic mass is 16.3. The first-order valence-corrected chi connectivity index (χ1v) is 6.32. The predicted octanol–water partition coefficient (Wildman–Crippen LogP) is -0.0194. The van der Waals surface area contributed by atoms with E-state index >= 15 is 0 Å². The number of nitrogens with zero attached hydrogens (tertiary/aromatic N) is 2. The lowest BCUT2D eigenvalue weighted by atomic mass is 10.1. The molecule has 2 fully saturated rings. The van der Waals surface area contributed by atoms with Gasteiger partial charge in [0.2, 0.25) is 11.8 Å². The largest absolute Gasteiger partial charge is 0.395 e. The minimum absolute atomic E-state index is 0.0331. The molecule has 0 aromatic heterocycles. The van der Waals surface area contributed by atoms with E-state index in [1.54, 1.807) is 0 Å². The molecular weight excluding hydrogens is 220 g/mol. The van der Waals surface area contributed by atoms with Gasteiger partial charge in [0.15, 0.2) is 0 Å². The fraction of sp³-hybridized carbons (Fsp3) is 0.833. The normalized spacial score (nSPS) is 32.0. The number of carbonyl (C=O) groups excluding carboxylic acids is 2. The van der Waals surface area contributed by atoms with Crippen LogP contribution in [0.5, 0.6) is 0 Å². The zero-order chi connectivity index (χ0) is 12.4. The number of likely N-dealkylation sites (tertiary alicyclic amines) is 2. The smallest absolute Gasteiger partial charge is 0.246 e. The van der Waals surface area contributed by atoms with Crippen LogP contribution in [0.25, 0.3) is 0 Å². The number of carbonyl (C=O) groups is 2. The van der Waals surface area contributed by atoms with Gasteiger partial charge in [-0.3, -0.25) is 19.4 Å². The molecule has 0 aliphatic carbocycles. The molecule has 96 valence electrons. The maximum atomic E-state index is 12.0. The SMILES string of the molecule is CN1C(=O)CC(N2CCCCCC2CO)C1=O. The average Bonchev–Trinajstić information content (AvgIpc) is 2.55. The summed E-state index contributed by atoms with van der Waals surface area (Å²) in [7, 11) is 1.54. The molecule has 2 aliphatic rings. The minimum atomic E-state index is -0.345. The summed E-state index contributed by atoms with van der Waals surface area (Å²) in [5.41, 5.74) is 0. The number of hydrogen-bond donors (Lipinski definition) is 1. The van der Waals surface area contributed by atoms with Crippen LogP contribution in [0, 0.1) is 0 Å². The highest BCUT2D eigenvalue weighted by molar-refractivity contribution is 6.05. The summed E-state index contributed by atoms with van der Waals surface area (Å²) < 4.78 is 0. The Hall–Kier alpha value is -0.940. The molecule has 0 aromatic rings. The Labute approximate surface area is 101 Å². The highest BCUT2D eigenvalue weighted by Gasteiger charge is 2.42. The standard InChI is InChI=1S/C12H20N2O3/c1-13-11(16)7-10(12(13)17)14-6-4-2-3-5-9(14)8-15/h9-10,15H,2-8H2,1H3. The molecule has 17 heavy (non-hydrogen) atoms. The van der Waals surface area contributed by atoms with Crippen molar-refractivity contribution in [3.05, 3.63) is 0 Å². The van der Waals surface area contributed by atoms with Crippen molar-refractivity contribution in [1.82, 2.24) is 9.80 Å². The molecule has 0 radical (unpaired) electrons. The zero-order valence-corrected chi connectivity index (χ0v) is 10.3. The van der Waals surface area contributed by atoms with Gasteiger partial charge < -0.3 is 5.11 Å². The van der Waals surface area contributed by atoms with Crippen LogP contribution in [0.15, 0.2) is 0 Å². The number of hydrogen-bond acceptors (Lipinski definition) is 4. The van der Waals surface area contributed by atoms with Crippen molar-refractivity contribution in [2.24, 2.45) is 0 Å². The highest BCUT2D eigenvalue weighted by Crippen LogP contribution is 2.24. The third-order valence-corrected chi connectivity index (χ3v) is 3.89. The average molecular weight is 240 g/mol. The molecule has 5 nitrogen and oxygen atoms in total. The van der Waals surface area contributed by atoms with E-state index < -0.39 is 0 Å². The van der Waals surface area contributed by atoms with Gasteiger partial charge in [-0.25, -0.2) is 0 Å². The quantitative estimate of drug-likeness (QED) is 0.689. The van der Waals surface area contributed by atoms with Crippen molar-refractivity contribution in [2.75, 3.05) is 20.2 Å². The number of likely N-dealkylation sites (N-methyl/N-ethyl adjacent to an activating group) is 1. The maximum Gasteiger partial charge on any atom is 0.246 e. The number of amides is 2. The van der Waals surface area contributed by atoms with E-state index in [-0.39, 0.29) is 36.9 Å². The van der Waals surface area contributed by atoms with Gasteiger partial charge >= 0.3 is 0 Å². The summed E-state index contributed by atoms with van der Waals surface area (Å²) >= 11 is 0. The number of aliphatic hydroxyl groups excluding tert-OH is 1. The lowest BCUT2D eigenvalue weighted by molar-refractivity contribution is -0.138. The Kier molecular flexibility index (Phi) is 3.79. The Morgan fingerprint density at radius 3 is 2.65 bits per heavy atom. The molecular formula is C12H20N2O3. The summed E-state index contributed by atoms with van der Waals surface area (Å²) in [6.07, 6.45) is 4.45. The van der Waals surface area contributed by atoms with Crippen LogP contribution in [0.2, 0.25) is 0 Å². The molecule has 2 saturated heterocycles. The van der Waals surface area contributed by atoms with Crippen LogP contribution >= 0.6 is 0 Å². The van der Waals surface area contributed by atoms with E-state index in [1.807, 2.05) is 4.90 Å². The third-order valence-electron chi connectivity index (χ3n) is 3.89. The molecule has 2 unspecified atom stereocenters. The first kappa shape index (κ1) is 12.5. The Balaban J connectivity index is 2.13. The van der Waals surface area contributed by atoms with Crippen LogP contribution < -0.4 is 0 Å². The van der Waals surface area contributed by atoms with E-state index in [1.165, 1.54) is 11.9 Å². The lowest BCUT2D eigenvalue weighted by Gasteiger charge is -2.32. The van der Waals surface area contributed by atoms with Crippen molar-refractivity contribution in [3.8, 4) is 0 Å². The van der Waals surface area contributed by atoms with Gasteiger partial charge in [-0.1, -0.05) is 12.8 Å². The van der Waals surface area contributed by atoms with E-state index in [2.05, 4.69) is 0 Å². The number of aliphatic hydroxyl groups is 1. The maximum absolute atomic E-state index is 12.0. The van der Waals surface area contributed by atoms with Crippen molar-refractivity contribution in [1.29, 1.82) is 0 Å². The second kappa shape index (κ2) is 5.14. The van der Waals surface area contributed by atoms with E-state index in [9.17, 15) is 14.7 Å². The second-order valence-corrected chi connectivity index (χ2v) is 4.93. The van der Waals surface area contributed by atoms with E-state index in [0.29, 0.717) is 0 Å². The number of rotatable bonds is 2. The van der Waals surface area contributed by atoms with Gasteiger partial charge in [-0.05, 0) is 19.4 Å². The fourth-order valence-corrected chi connectivity index (χ4v) is 2.80. The lowest BCUT2D eigenvalue weighted by Crippen LogP contribution is -2.48. The van der Waals surface area contributed by atoms with Crippen molar-refractivity contribution < 1.29 is 14.7 Å². The summed E-state index contributed by atoms with van der Waals surface area (Å²) in [4.78, 5) is 26.8. The van der Waals surface area contributed by atoms with Crippen LogP contribution in [0.1, 0.15) is 32.1 Å². The third kappa shape index (κ3) is 2.35. The topological polar surface area (TPSA) is 60.9 Å². The molecule has 2 heterocycles. The Morgan fingerprint density at radius 2 is 2.06 bits per heavy atom. The van der Waals surface area contributed by atoms with Crippen molar-refractivity contribution in [2.45, 2.75) is 44.2 Å². The molecule has 0 saturated carbocycles. The zero-order valence-electron chi connectivity index (χ0n) is 10.3. The van der Waals surface area contributed by atoms with Crippen LogP contribution in [-0.2, 0) is 9.59 Å². The molecule has 5 heteroatoms. The van der Waals surface area contributed by atoms with Crippen molar-refractivity contribution >= 4 is 11.8 Å². The van der Waals surface area contributed by atoms with Gasteiger partial charge in [0.1, 0.15) is 0 Å². The van der Waals surface area contributed by atoms with Gasteiger partial charge in [-0.2, -0.15) is 0 Å². The Bertz CT molecular complexity index is 319. The van der Waals surface area contributed by atoms with E-state index in [0.717, 1.165) is 32.2 Å². The molecule has 2 atom stereocenters. The van der Waals surface area contributed by atoms with Gasteiger partial charge in [0, 0.05) is 13.1 Å². The monoisotopic (exact) mass is 240 g/mol. The minimum Gasteiger partial charge on any atom is -0.395 e. The molecule has 2 aliphatic heterocycles. The second-order valence-electron chi connectivity index (χ2n) is 4.93. The first-order valence-electron chi connectivity index (χ1n) is 6.32. The van der Waals surface area contributed by atoms with Crippen LogP contribution in [0.4, 0.5) is 0 Å². The molecule has 2 rings (SSSR count). The van der Waals surface area contributed by atoms with Crippen LogP contribution in [0.3, 0.4) is 0 Å². The van der Waals surface area contributed by atoms with Crippen molar-refractivity contribution in [3.63, 3.8) is 0 Å². The fourth-order valence-electron chi connectivity index (χ4n) is 2.80. The first-order chi connectivity index (χ1) is 8.15. The molecule has 0 aromatic carbocycles. The summed E-state index contributed by atoms with van der Waals surface area (Å²) in [5, 5.41) is 9.41. The molecule has 0 bridgehead atoms. The predicted molar refractivity (Wildman–Crippen MR) is 62.2 cm³/mol. The summed E-state index contributed by atoms with van der Waals surface area (Å²) in [5.74, 6) is -0.226. The Morgan fingerprint density at radius 1 is 1.29 bits per heavy atom. The molecule has 0 spiro atoms. The van der Waals surface area contributed by atoms with Gasteiger partial charge in [-0.15, -0.1) is 0 Å². The van der Waals surface area contributed by atoms with Gasteiger partial charge in [0.25, 0.3) is 0 Å². The van der Waals surface area contributed by atoms with Crippen LogP contribution in [-0.4, -0.2) is 59.0 Å². The van der Waals surface area contributed by atoms with E-state index in [4.69, 9.17) is 0 Å². The summed E-state index contributed by atoms with van der Waals surface area (Å²) in [6.45, 7) is 0.879.